The third kappa shape index (κ3) is 4.46. The largest absolute Gasteiger partial charge is 0.497 e. The smallest absolute Gasteiger partial charge is 0.253 e. The molecule has 0 radical (unpaired) electrons. The Morgan fingerprint density at radius 1 is 1.20 bits per heavy atom. The van der Waals surface area contributed by atoms with Crippen LogP contribution in [0.3, 0.4) is 0 Å². The average molecular weight is 426 g/mol. The fourth-order valence-corrected chi connectivity index (χ4v) is 4.30. The Kier molecular flexibility index (Phi) is 5.99. The fraction of sp³-hybridized carbons (Fsp3) is 0.304. The first-order chi connectivity index (χ1) is 14.5. The highest BCUT2D eigenvalue weighted by molar-refractivity contribution is 7.80. The quantitative estimate of drug-likeness (QED) is 0.574. The molecule has 2 N–H and O–H groups in total. The van der Waals surface area contributed by atoms with E-state index in [-0.39, 0.29) is 17.4 Å². The van der Waals surface area contributed by atoms with Gasteiger partial charge in [-0.25, -0.2) is 4.39 Å². The van der Waals surface area contributed by atoms with Gasteiger partial charge in [-0.2, -0.15) is 0 Å². The number of benzene rings is 2. The van der Waals surface area contributed by atoms with Crippen molar-refractivity contribution in [1.82, 2.24) is 9.88 Å². The lowest BCUT2D eigenvalue weighted by Crippen LogP contribution is -2.42. The van der Waals surface area contributed by atoms with E-state index in [1.165, 1.54) is 12.1 Å². The van der Waals surface area contributed by atoms with Crippen molar-refractivity contribution in [2.45, 2.75) is 38.3 Å². The first-order valence-corrected chi connectivity index (χ1v) is 10.5. The Morgan fingerprint density at radius 2 is 1.93 bits per heavy atom. The molecule has 1 aliphatic rings. The topological polar surface area (TPSA) is 57.4 Å². The second-order valence-corrected chi connectivity index (χ2v) is 7.97. The zero-order chi connectivity index (χ0) is 21.1. The van der Waals surface area contributed by atoms with Crippen LogP contribution in [-0.4, -0.2) is 28.1 Å². The zero-order valence-corrected chi connectivity index (χ0v) is 17.6. The number of methoxy groups -OCH3 is 1. The van der Waals surface area contributed by atoms with Crippen LogP contribution in [-0.2, 0) is 6.54 Å². The number of hydrogen-bond acceptors (Lipinski definition) is 3. The summed E-state index contributed by atoms with van der Waals surface area (Å²) in [5, 5.41) is 4.65. The number of fused-ring (bicyclic) bond motifs is 1. The molecular formula is C23H24FN3O2S. The van der Waals surface area contributed by atoms with Gasteiger partial charge in [-0.15, -0.1) is 0 Å². The van der Waals surface area contributed by atoms with Crippen molar-refractivity contribution < 1.29 is 9.13 Å². The van der Waals surface area contributed by atoms with Crippen molar-refractivity contribution >= 4 is 33.9 Å². The van der Waals surface area contributed by atoms with Gasteiger partial charge in [0.25, 0.3) is 5.56 Å². The summed E-state index contributed by atoms with van der Waals surface area (Å²) in [6.07, 6.45) is 4.35. The highest BCUT2D eigenvalue weighted by atomic mass is 32.1. The van der Waals surface area contributed by atoms with Crippen LogP contribution in [0.5, 0.6) is 5.75 Å². The predicted octanol–water partition coefficient (Wildman–Crippen LogP) is 4.82. The molecule has 0 unspecified atom stereocenters. The van der Waals surface area contributed by atoms with Crippen LogP contribution in [0.4, 0.5) is 10.1 Å². The average Bonchev–Trinajstić information content (AvgIpc) is 3.28. The summed E-state index contributed by atoms with van der Waals surface area (Å²) in [7, 11) is 1.62. The van der Waals surface area contributed by atoms with E-state index < -0.39 is 0 Å². The highest BCUT2D eigenvalue weighted by Crippen LogP contribution is 2.26. The summed E-state index contributed by atoms with van der Waals surface area (Å²) in [6.45, 7) is 0.403. The van der Waals surface area contributed by atoms with E-state index in [4.69, 9.17) is 17.0 Å². The number of anilines is 1. The van der Waals surface area contributed by atoms with Crippen molar-refractivity contribution in [3.05, 3.63) is 70.3 Å². The van der Waals surface area contributed by atoms with Crippen molar-refractivity contribution in [2.24, 2.45) is 0 Å². The van der Waals surface area contributed by atoms with Crippen LogP contribution < -0.4 is 15.6 Å². The number of nitrogens with zero attached hydrogens (tertiary/aromatic N) is 1. The van der Waals surface area contributed by atoms with E-state index in [0.29, 0.717) is 17.2 Å². The molecule has 1 saturated carbocycles. The lowest BCUT2D eigenvalue weighted by atomic mass is 10.1. The van der Waals surface area contributed by atoms with Gasteiger partial charge in [0.15, 0.2) is 5.11 Å². The molecule has 7 heteroatoms. The maximum atomic E-state index is 13.2. The molecule has 0 aliphatic heterocycles. The van der Waals surface area contributed by atoms with Gasteiger partial charge in [0.1, 0.15) is 11.6 Å². The minimum absolute atomic E-state index is 0.125. The van der Waals surface area contributed by atoms with E-state index in [9.17, 15) is 9.18 Å². The number of halogens is 1. The number of nitrogens with one attached hydrogen (secondary N) is 2. The second kappa shape index (κ2) is 8.83. The molecule has 0 saturated heterocycles. The summed E-state index contributed by atoms with van der Waals surface area (Å²) in [5.41, 5.74) is 2.01. The van der Waals surface area contributed by atoms with Gasteiger partial charge in [0, 0.05) is 28.2 Å². The van der Waals surface area contributed by atoms with Crippen molar-refractivity contribution in [1.29, 1.82) is 0 Å². The third-order valence-corrected chi connectivity index (χ3v) is 5.93. The first kappa shape index (κ1) is 20.3. The molecule has 2 aromatic carbocycles. The highest BCUT2D eigenvalue weighted by Gasteiger charge is 2.25. The van der Waals surface area contributed by atoms with Crippen LogP contribution in [0.15, 0.2) is 53.3 Å². The van der Waals surface area contributed by atoms with Crippen molar-refractivity contribution in [3.8, 4) is 5.75 Å². The first-order valence-electron chi connectivity index (χ1n) is 10.1. The number of aromatic nitrogens is 1. The number of aromatic amines is 1. The SMILES string of the molecule is COc1ccc2[nH]c(=O)c(CN(C(=S)Nc3ccc(F)cc3)C3CCCC3)cc2c1. The molecule has 156 valence electrons. The number of ether oxygens (including phenoxy) is 1. The molecule has 0 spiro atoms. The van der Waals surface area contributed by atoms with Crippen LogP contribution in [0, 0.1) is 5.82 Å². The summed E-state index contributed by atoms with van der Waals surface area (Å²) < 4.78 is 18.5. The minimum atomic E-state index is -0.294. The van der Waals surface area contributed by atoms with E-state index in [1.807, 2.05) is 24.3 Å². The second-order valence-electron chi connectivity index (χ2n) is 7.58. The van der Waals surface area contributed by atoms with Gasteiger partial charge in [0.05, 0.1) is 13.7 Å². The van der Waals surface area contributed by atoms with E-state index in [0.717, 1.165) is 48.0 Å². The number of hydrogen-bond donors (Lipinski definition) is 2. The Labute approximate surface area is 179 Å². The normalized spacial score (nSPS) is 14.1. The zero-order valence-electron chi connectivity index (χ0n) is 16.8. The number of pyridine rings is 1. The summed E-state index contributed by atoms with van der Waals surface area (Å²) in [4.78, 5) is 17.8. The molecule has 3 aromatic rings. The van der Waals surface area contributed by atoms with Crippen LogP contribution in [0.1, 0.15) is 31.2 Å². The monoisotopic (exact) mass is 425 g/mol. The van der Waals surface area contributed by atoms with Crippen molar-refractivity contribution in [2.75, 3.05) is 12.4 Å². The van der Waals surface area contributed by atoms with Crippen LogP contribution in [0.2, 0.25) is 0 Å². The lowest BCUT2D eigenvalue weighted by Gasteiger charge is -2.31. The molecule has 30 heavy (non-hydrogen) atoms. The Morgan fingerprint density at radius 3 is 2.63 bits per heavy atom. The van der Waals surface area contributed by atoms with Crippen LogP contribution >= 0.6 is 12.2 Å². The predicted molar refractivity (Wildman–Crippen MR) is 122 cm³/mol. The Balaban J connectivity index is 1.63. The van der Waals surface area contributed by atoms with E-state index in [1.54, 1.807) is 19.2 Å². The molecule has 5 nitrogen and oxygen atoms in total. The third-order valence-electron chi connectivity index (χ3n) is 5.59. The summed E-state index contributed by atoms with van der Waals surface area (Å²) in [6, 6.07) is 13.8. The molecule has 4 rings (SSSR count). The van der Waals surface area contributed by atoms with Gasteiger partial charge in [-0.3, -0.25) is 4.79 Å². The molecule has 1 aliphatic carbocycles. The van der Waals surface area contributed by atoms with Crippen LogP contribution in [0.25, 0.3) is 10.9 Å². The Bertz CT molecular complexity index is 1110. The lowest BCUT2D eigenvalue weighted by molar-refractivity contribution is 0.311. The molecule has 0 atom stereocenters. The van der Waals surface area contributed by atoms with Gasteiger partial charge >= 0.3 is 0 Å². The van der Waals surface area contributed by atoms with Crippen molar-refractivity contribution in [3.63, 3.8) is 0 Å². The molecule has 1 fully saturated rings. The van der Waals surface area contributed by atoms with E-state index >= 15 is 0 Å². The molecule has 1 heterocycles. The van der Waals surface area contributed by atoms with Gasteiger partial charge in [-0.05, 0) is 73.6 Å². The maximum Gasteiger partial charge on any atom is 0.253 e. The number of thiocarbonyl (C=S) groups is 1. The summed E-state index contributed by atoms with van der Waals surface area (Å²) in [5.74, 6) is 0.443. The number of rotatable bonds is 5. The molecular weight excluding hydrogens is 401 g/mol. The minimum Gasteiger partial charge on any atom is -0.497 e. The fourth-order valence-electron chi connectivity index (χ4n) is 3.97. The molecule has 1 aromatic heterocycles. The van der Waals surface area contributed by atoms with E-state index in [2.05, 4.69) is 15.2 Å². The molecule has 0 bridgehead atoms. The molecule has 0 amide bonds. The van der Waals surface area contributed by atoms with Gasteiger partial charge in [-0.1, -0.05) is 12.8 Å². The maximum absolute atomic E-state index is 13.2. The Hall–Kier alpha value is -2.93. The van der Waals surface area contributed by atoms with Gasteiger partial charge < -0.3 is 19.9 Å². The van der Waals surface area contributed by atoms with Gasteiger partial charge in [0.2, 0.25) is 0 Å². The number of H-pyrrole nitrogens is 1. The summed E-state index contributed by atoms with van der Waals surface area (Å²) >= 11 is 5.69. The standard InChI is InChI=1S/C23H24FN3O2S/c1-29-20-10-11-21-15(13-20)12-16(22(28)26-21)14-27(19-4-2-3-5-19)23(30)25-18-8-6-17(24)7-9-18/h6-13,19H,2-5,14H2,1H3,(H,25,30)(H,26,28).